The first-order chi connectivity index (χ1) is 11.2. The first-order valence-corrected chi connectivity index (χ1v) is 8.87. The molecule has 0 aliphatic carbocycles. The molecule has 5 nitrogen and oxygen atoms in total. The minimum absolute atomic E-state index is 0.0303. The number of ether oxygens (including phenoxy) is 2. The molecule has 1 spiro atoms. The van der Waals surface area contributed by atoms with Gasteiger partial charge >= 0.3 is 0 Å². The van der Waals surface area contributed by atoms with Crippen LogP contribution in [0.5, 0.6) is 5.88 Å². The monoisotopic (exact) mass is 331 g/mol. The zero-order valence-corrected chi connectivity index (χ0v) is 14.1. The molecule has 4 heterocycles. The van der Waals surface area contributed by atoms with Crippen LogP contribution < -0.4 is 4.74 Å². The molecule has 2 fully saturated rings. The van der Waals surface area contributed by atoms with Crippen molar-refractivity contribution in [3.63, 3.8) is 0 Å². The largest absolute Gasteiger partial charge is 0.473 e. The molecule has 1 unspecified atom stereocenters. The Bertz CT molecular complexity index is 655. The Kier molecular flexibility index (Phi) is 4.05. The lowest BCUT2D eigenvalue weighted by Gasteiger charge is -2.53. The van der Waals surface area contributed by atoms with E-state index < -0.39 is 0 Å². The fourth-order valence-electron chi connectivity index (χ4n) is 3.49. The molecule has 122 valence electrons. The van der Waals surface area contributed by atoms with Gasteiger partial charge in [0.25, 0.3) is 0 Å². The number of hydrogen-bond donors (Lipinski definition) is 0. The predicted octanol–water partition coefficient (Wildman–Crippen LogP) is 2.66. The van der Waals surface area contributed by atoms with Crippen LogP contribution in [0.2, 0.25) is 0 Å². The van der Waals surface area contributed by atoms with E-state index in [1.807, 2.05) is 11.3 Å². The molecule has 2 saturated heterocycles. The number of hydrogen-bond acceptors (Lipinski definition) is 6. The van der Waals surface area contributed by atoms with E-state index >= 15 is 0 Å². The molecule has 0 bridgehead atoms. The molecular weight excluding hydrogens is 310 g/mol. The SMILES string of the molecule is Cc1ccc(CN2CC3(CC(Oc4cnccn4)CCO3)C2)s1. The van der Waals surface area contributed by atoms with Gasteiger partial charge in [0.1, 0.15) is 6.10 Å². The van der Waals surface area contributed by atoms with E-state index in [0.29, 0.717) is 5.88 Å². The van der Waals surface area contributed by atoms with E-state index in [0.717, 1.165) is 39.1 Å². The quantitative estimate of drug-likeness (QED) is 0.862. The topological polar surface area (TPSA) is 47.5 Å². The first-order valence-electron chi connectivity index (χ1n) is 8.05. The number of aryl methyl sites for hydroxylation is 1. The van der Waals surface area contributed by atoms with Gasteiger partial charge in [-0.1, -0.05) is 0 Å². The maximum absolute atomic E-state index is 6.09. The Morgan fingerprint density at radius 1 is 1.39 bits per heavy atom. The van der Waals surface area contributed by atoms with Crippen LogP contribution >= 0.6 is 11.3 Å². The molecule has 0 aromatic carbocycles. The smallest absolute Gasteiger partial charge is 0.232 e. The molecule has 0 saturated carbocycles. The molecule has 0 radical (unpaired) electrons. The number of rotatable bonds is 4. The summed E-state index contributed by atoms with van der Waals surface area (Å²) in [6.45, 7) is 5.93. The third-order valence-electron chi connectivity index (χ3n) is 4.47. The Morgan fingerprint density at radius 2 is 2.30 bits per heavy atom. The summed E-state index contributed by atoms with van der Waals surface area (Å²) in [5.41, 5.74) is -0.0303. The average Bonchev–Trinajstić information content (AvgIpc) is 2.92. The van der Waals surface area contributed by atoms with E-state index in [1.165, 1.54) is 9.75 Å². The highest BCUT2D eigenvalue weighted by Crippen LogP contribution is 2.36. The summed E-state index contributed by atoms with van der Waals surface area (Å²) in [4.78, 5) is 13.5. The number of likely N-dealkylation sites (tertiary alicyclic amines) is 1. The molecule has 0 amide bonds. The van der Waals surface area contributed by atoms with Crippen LogP contribution in [0.15, 0.2) is 30.7 Å². The number of thiophene rings is 1. The van der Waals surface area contributed by atoms with Crippen molar-refractivity contribution in [1.82, 2.24) is 14.9 Å². The molecule has 2 aromatic rings. The van der Waals surface area contributed by atoms with Gasteiger partial charge in [-0.2, -0.15) is 0 Å². The Balaban J connectivity index is 1.32. The van der Waals surface area contributed by atoms with Gasteiger partial charge in [0.05, 0.1) is 18.4 Å². The summed E-state index contributed by atoms with van der Waals surface area (Å²) in [7, 11) is 0. The van der Waals surface area contributed by atoms with Gasteiger partial charge < -0.3 is 9.47 Å². The van der Waals surface area contributed by atoms with Crippen molar-refractivity contribution in [2.45, 2.75) is 38.0 Å². The molecule has 4 rings (SSSR count). The van der Waals surface area contributed by atoms with Crippen molar-refractivity contribution < 1.29 is 9.47 Å². The zero-order valence-electron chi connectivity index (χ0n) is 13.3. The molecule has 23 heavy (non-hydrogen) atoms. The lowest BCUT2D eigenvalue weighted by molar-refractivity contribution is -0.188. The number of nitrogens with zero attached hydrogens (tertiary/aromatic N) is 3. The van der Waals surface area contributed by atoms with Gasteiger partial charge in [0.2, 0.25) is 5.88 Å². The van der Waals surface area contributed by atoms with Crippen LogP contribution in [0.25, 0.3) is 0 Å². The molecule has 0 N–H and O–H groups in total. The summed E-state index contributed by atoms with van der Waals surface area (Å²) >= 11 is 1.88. The first kappa shape index (κ1) is 15.1. The van der Waals surface area contributed by atoms with Crippen molar-refractivity contribution in [2.75, 3.05) is 19.7 Å². The van der Waals surface area contributed by atoms with Crippen LogP contribution in [0, 0.1) is 6.92 Å². The highest BCUT2D eigenvalue weighted by atomic mass is 32.1. The second kappa shape index (κ2) is 6.19. The number of aromatic nitrogens is 2. The minimum atomic E-state index is -0.0303. The highest BCUT2D eigenvalue weighted by Gasteiger charge is 2.48. The third-order valence-corrected chi connectivity index (χ3v) is 5.46. The minimum Gasteiger partial charge on any atom is -0.473 e. The zero-order chi connectivity index (χ0) is 15.7. The fraction of sp³-hybridized carbons (Fsp3) is 0.529. The van der Waals surface area contributed by atoms with Crippen LogP contribution in [0.1, 0.15) is 22.6 Å². The van der Waals surface area contributed by atoms with Gasteiger partial charge in [0.15, 0.2) is 0 Å². The van der Waals surface area contributed by atoms with Crippen LogP contribution in [0.4, 0.5) is 0 Å². The second-order valence-corrected chi connectivity index (χ2v) is 7.84. The van der Waals surface area contributed by atoms with Gasteiger partial charge in [0, 0.05) is 54.6 Å². The second-order valence-electron chi connectivity index (χ2n) is 6.47. The lowest BCUT2D eigenvalue weighted by Crippen LogP contribution is -2.65. The Morgan fingerprint density at radius 3 is 3.04 bits per heavy atom. The van der Waals surface area contributed by atoms with Crippen LogP contribution in [-0.4, -0.2) is 46.3 Å². The van der Waals surface area contributed by atoms with E-state index in [-0.39, 0.29) is 11.7 Å². The van der Waals surface area contributed by atoms with Crippen molar-refractivity contribution in [2.24, 2.45) is 0 Å². The molecule has 2 aliphatic rings. The lowest BCUT2D eigenvalue weighted by atomic mass is 9.84. The standard InChI is InChI=1S/C17H21N3O2S/c1-13-2-3-15(23-13)10-20-11-17(12-20)8-14(4-7-21-17)22-16-9-18-5-6-19-16/h2-3,5-6,9,14H,4,7-8,10-12H2,1H3. The fourth-order valence-corrected chi connectivity index (χ4v) is 4.42. The van der Waals surface area contributed by atoms with Gasteiger partial charge in [-0.25, -0.2) is 4.98 Å². The summed E-state index contributed by atoms with van der Waals surface area (Å²) in [5, 5.41) is 0. The van der Waals surface area contributed by atoms with E-state index in [9.17, 15) is 0 Å². The van der Waals surface area contributed by atoms with Crippen molar-refractivity contribution in [1.29, 1.82) is 0 Å². The maximum Gasteiger partial charge on any atom is 0.232 e. The van der Waals surface area contributed by atoms with Gasteiger partial charge in [-0.3, -0.25) is 9.88 Å². The van der Waals surface area contributed by atoms with Crippen LogP contribution in [-0.2, 0) is 11.3 Å². The normalized spacial score (nSPS) is 23.6. The van der Waals surface area contributed by atoms with Gasteiger partial charge in [-0.05, 0) is 19.1 Å². The molecule has 6 heteroatoms. The average molecular weight is 331 g/mol. The van der Waals surface area contributed by atoms with E-state index in [2.05, 4.69) is 33.9 Å². The van der Waals surface area contributed by atoms with Crippen molar-refractivity contribution >= 4 is 11.3 Å². The third kappa shape index (κ3) is 3.39. The summed E-state index contributed by atoms with van der Waals surface area (Å²) in [6.07, 6.45) is 7.03. The summed E-state index contributed by atoms with van der Waals surface area (Å²) < 4.78 is 12.1. The summed E-state index contributed by atoms with van der Waals surface area (Å²) in [6, 6.07) is 4.42. The molecular formula is C17H21N3O2S. The van der Waals surface area contributed by atoms with Crippen molar-refractivity contribution in [3.8, 4) is 5.88 Å². The van der Waals surface area contributed by atoms with Crippen molar-refractivity contribution in [3.05, 3.63) is 40.5 Å². The predicted molar refractivity (Wildman–Crippen MR) is 88.7 cm³/mol. The molecule has 2 aliphatic heterocycles. The highest BCUT2D eigenvalue weighted by molar-refractivity contribution is 7.11. The Labute approximate surface area is 140 Å². The summed E-state index contributed by atoms with van der Waals surface area (Å²) in [5.74, 6) is 0.611. The van der Waals surface area contributed by atoms with E-state index in [1.54, 1.807) is 18.6 Å². The van der Waals surface area contributed by atoms with Gasteiger partial charge in [-0.15, -0.1) is 11.3 Å². The Hall–Kier alpha value is -1.50. The molecule has 2 aromatic heterocycles. The van der Waals surface area contributed by atoms with Crippen LogP contribution in [0.3, 0.4) is 0 Å². The molecule has 1 atom stereocenters. The maximum atomic E-state index is 6.09. The van der Waals surface area contributed by atoms with E-state index in [4.69, 9.17) is 9.47 Å².